The molecule has 134 valence electrons. The molecule has 24 heavy (non-hydrogen) atoms. The average Bonchev–Trinajstić information content (AvgIpc) is 2.61. The topological polar surface area (TPSA) is 58.4 Å². The number of likely N-dealkylation sites (N-methyl/N-ethyl adjacent to an activating group) is 1. The predicted octanol–water partition coefficient (Wildman–Crippen LogP) is 2.95. The number of hydrogen-bond donors (Lipinski definition) is 2. The van der Waals surface area contributed by atoms with E-state index in [2.05, 4.69) is 24.3 Å². The minimum absolute atomic E-state index is 0.0500. The molecular weight excluding hydrogens is 298 g/mol. The maximum Gasteiger partial charge on any atom is 0.224 e. The predicted molar refractivity (Wildman–Crippen MR) is 99.6 cm³/mol. The number of amides is 1. The second-order valence-corrected chi connectivity index (χ2v) is 7.40. The van der Waals surface area contributed by atoms with Crippen LogP contribution >= 0.6 is 0 Å². The fourth-order valence-electron chi connectivity index (χ4n) is 3.78. The summed E-state index contributed by atoms with van der Waals surface area (Å²) < 4.78 is 0. The van der Waals surface area contributed by atoms with Gasteiger partial charge < -0.3 is 16.0 Å². The Hall–Kier alpha value is -1.39. The zero-order valence-corrected chi connectivity index (χ0v) is 15.4. The summed E-state index contributed by atoms with van der Waals surface area (Å²) in [5.41, 5.74) is 7.29. The van der Waals surface area contributed by atoms with Crippen LogP contribution in [0.3, 0.4) is 0 Å². The highest BCUT2D eigenvalue weighted by atomic mass is 16.1. The van der Waals surface area contributed by atoms with Crippen LogP contribution in [-0.2, 0) is 4.79 Å². The normalized spacial score (nSPS) is 19.7. The first-order chi connectivity index (χ1) is 11.5. The van der Waals surface area contributed by atoms with Gasteiger partial charge in [-0.25, -0.2) is 0 Å². The molecule has 0 aromatic heterocycles. The molecule has 3 unspecified atom stereocenters. The molecule has 0 radical (unpaired) electrons. The Bertz CT molecular complexity index is 497. The van der Waals surface area contributed by atoms with Gasteiger partial charge in [0.05, 0.1) is 5.92 Å². The maximum absolute atomic E-state index is 12.6. The van der Waals surface area contributed by atoms with Gasteiger partial charge in [-0.3, -0.25) is 4.79 Å². The number of carbonyl (C=O) groups is 1. The van der Waals surface area contributed by atoms with Crippen LogP contribution < -0.4 is 11.1 Å². The Morgan fingerprint density at radius 1 is 1.21 bits per heavy atom. The Morgan fingerprint density at radius 2 is 1.83 bits per heavy atom. The Morgan fingerprint density at radius 3 is 2.42 bits per heavy atom. The van der Waals surface area contributed by atoms with E-state index in [1.807, 2.05) is 37.3 Å². The molecule has 1 aliphatic rings. The summed E-state index contributed by atoms with van der Waals surface area (Å²) in [6.45, 7) is 2.63. The average molecular weight is 332 g/mol. The van der Waals surface area contributed by atoms with E-state index in [0.29, 0.717) is 18.5 Å². The fraction of sp³-hybridized carbons (Fsp3) is 0.650. The number of hydrogen-bond acceptors (Lipinski definition) is 3. The molecule has 1 aromatic carbocycles. The molecule has 1 fully saturated rings. The van der Waals surface area contributed by atoms with Gasteiger partial charge in [0.25, 0.3) is 0 Å². The van der Waals surface area contributed by atoms with Gasteiger partial charge >= 0.3 is 0 Å². The summed E-state index contributed by atoms with van der Waals surface area (Å²) in [6, 6.07) is 10.0. The van der Waals surface area contributed by atoms with Gasteiger partial charge in [0.1, 0.15) is 0 Å². The van der Waals surface area contributed by atoms with E-state index in [0.717, 1.165) is 5.56 Å². The second kappa shape index (κ2) is 9.19. The van der Waals surface area contributed by atoms with Gasteiger partial charge in [0.2, 0.25) is 5.91 Å². The van der Waals surface area contributed by atoms with E-state index in [1.54, 1.807) is 0 Å². The molecule has 1 saturated carbocycles. The van der Waals surface area contributed by atoms with Crippen molar-refractivity contribution in [1.29, 1.82) is 0 Å². The number of nitrogens with two attached hydrogens (primary N) is 1. The molecule has 3 atom stereocenters. The van der Waals surface area contributed by atoms with Gasteiger partial charge in [0.15, 0.2) is 0 Å². The van der Waals surface area contributed by atoms with E-state index in [4.69, 9.17) is 5.73 Å². The summed E-state index contributed by atoms with van der Waals surface area (Å²) in [5.74, 6) is 0.503. The largest absolute Gasteiger partial charge is 0.354 e. The number of rotatable bonds is 7. The van der Waals surface area contributed by atoms with E-state index in [1.165, 1.54) is 32.1 Å². The van der Waals surface area contributed by atoms with Crippen molar-refractivity contribution in [3.8, 4) is 0 Å². The smallest absolute Gasteiger partial charge is 0.224 e. The van der Waals surface area contributed by atoms with Gasteiger partial charge in [-0.1, -0.05) is 56.5 Å². The molecule has 0 saturated heterocycles. The molecule has 3 N–H and O–H groups in total. The molecule has 0 spiro atoms. The van der Waals surface area contributed by atoms with Crippen LogP contribution in [0.15, 0.2) is 30.3 Å². The van der Waals surface area contributed by atoms with Crippen molar-refractivity contribution < 1.29 is 4.79 Å². The molecule has 4 heteroatoms. The third-order valence-electron chi connectivity index (χ3n) is 5.48. The number of carbonyl (C=O) groups excluding carboxylic acids is 1. The van der Waals surface area contributed by atoms with Crippen LogP contribution in [0.5, 0.6) is 0 Å². The van der Waals surface area contributed by atoms with E-state index >= 15 is 0 Å². The van der Waals surface area contributed by atoms with Gasteiger partial charge in [0, 0.05) is 18.6 Å². The minimum atomic E-state index is -0.265. The number of nitrogens with zero attached hydrogens (tertiary/aromatic N) is 1. The molecule has 1 amide bonds. The number of nitrogens with one attached hydrogen (secondary N) is 1. The molecule has 0 bridgehead atoms. The summed E-state index contributed by atoms with van der Waals surface area (Å²) in [4.78, 5) is 14.8. The van der Waals surface area contributed by atoms with E-state index in [-0.39, 0.29) is 17.9 Å². The molecule has 2 rings (SSSR count). The lowest BCUT2D eigenvalue weighted by Gasteiger charge is -2.35. The zero-order valence-electron chi connectivity index (χ0n) is 15.4. The van der Waals surface area contributed by atoms with E-state index < -0.39 is 0 Å². The van der Waals surface area contributed by atoms with Crippen molar-refractivity contribution in [3.63, 3.8) is 0 Å². The molecular formula is C20H33N3O. The van der Waals surface area contributed by atoms with Crippen LogP contribution in [0.1, 0.15) is 50.6 Å². The Balaban J connectivity index is 1.90. The second-order valence-electron chi connectivity index (χ2n) is 7.40. The number of benzene rings is 1. The van der Waals surface area contributed by atoms with Gasteiger partial charge in [-0.05, 0) is 38.4 Å². The summed E-state index contributed by atoms with van der Waals surface area (Å²) in [5, 5.41) is 3.15. The molecule has 4 nitrogen and oxygen atoms in total. The SMILES string of the molecule is CC(C(=O)NCC(C1CCCCC1)N(C)C)C(N)c1ccccc1. The van der Waals surface area contributed by atoms with Crippen molar-refractivity contribution in [3.05, 3.63) is 35.9 Å². The molecule has 0 aliphatic heterocycles. The lowest BCUT2D eigenvalue weighted by molar-refractivity contribution is -0.125. The van der Waals surface area contributed by atoms with Crippen molar-refractivity contribution in [2.24, 2.45) is 17.6 Å². The van der Waals surface area contributed by atoms with Crippen LogP contribution in [-0.4, -0.2) is 37.5 Å². The first-order valence-electron chi connectivity index (χ1n) is 9.25. The van der Waals surface area contributed by atoms with Crippen molar-refractivity contribution in [1.82, 2.24) is 10.2 Å². The standard InChI is InChI=1S/C20H33N3O/c1-15(19(21)17-12-8-5-9-13-17)20(24)22-14-18(23(2)3)16-10-6-4-7-11-16/h5,8-9,12-13,15-16,18-19H,4,6-7,10-11,14,21H2,1-3H3,(H,22,24). The molecule has 0 heterocycles. The fourth-order valence-corrected chi connectivity index (χ4v) is 3.78. The highest BCUT2D eigenvalue weighted by Crippen LogP contribution is 2.28. The Labute approximate surface area is 146 Å². The summed E-state index contributed by atoms with van der Waals surface area (Å²) >= 11 is 0. The van der Waals surface area contributed by atoms with Crippen LogP contribution in [0.4, 0.5) is 0 Å². The van der Waals surface area contributed by atoms with E-state index in [9.17, 15) is 4.79 Å². The van der Waals surface area contributed by atoms with Crippen LogP contribution in [0, 0.1) is 11.8 Å². The summed E-state index contributed by atoms with van der Waals surface area (Å²) in [7, 11) is 4.23. The van der Waals surface area contributed by atoms with Crippen LogP contribution in [0.25, 0.3) is 0 Å². The first-order valence-corrected chi connectivity index (χ1v) is 9.25. The van der Waals surface area contributed by atoms with Crippen molar-refractivity contribution in [2.75, 3.05) is 20.6 Å². The maximum atomic E-state index is 12.6. The molecule has 1 aliphatic carbocycles. The highest BCUT2D eigenvalue weighted by Gasteiger charge is 2.27. The van der Waals surface area contributed by atoms with Crippen LogP contribution in [0.2, 0.25) is 0 Å². The lowest BCUT2D eigenvalue weighted by atomic mass is 9.83. The lowest BCUT2D eigenvalue weighted by Crippen LogP contribution is -2.47. The quantitative estimate of drug-likeness (QED) is 0.807. The zero-order chi connectivity index (χ0) is 17.5. The summed E-state index contributed by atoms with van der Waals surface area (Å²) in [6.07, 6.45) is 6.54. The van der Waals surface area contributed by atoms with Crippen molar-refractivity contribution >= 4 is 5.91 Å². The minimum Gasteiger partial charge on any atom is -0.354 e. The van der Waals surface area contributed by atoms with Gasteiger partial charge in [-0.15, -0.1) is 0 Å². The monoisotopic (exact) mass is 331 g/mol. The first kappa shape index (κ1) is 18.9. The Kier molecular flexibility index (Phi) is 7.25. The highest BCUT2D eigenvalue weighted by molar-refractivity contribution is 5.79. The van der Waals surface area contributed by atoms with Gasteiger partial charge in [-0.2, -0.15) is 0 Å². The van der Waals surface area contributed by atoms with Crippen molar-refractivity contribution in [2.45, 2.75) is 51.1 Å². The molecule has 1 aromatic rings. The third-order valence-corrected chi connectivity index (χ3v) is 5.48. The third kappa shape index (κ3) is 5.05.